The van der Waals surface area contributed by atoms with Gasteiger partial charge in [0.2, 0.25) is 5.88 Å². The van der Waals surface area contributed by atoms with E-state index in [1.807, 2.05) is 42.5 Å². The Hall–Kier alpha value is -2.92. The van der Waals surface area contributed by atoms with E-state index in [-0.39, 0.29) is 18.1 Å². The standard InChI is InChI=1S/C21H21NO4/c1-4-26-20(23)21(2,24)17-11-12-18(22-19(17)25-3)16-10-9-14-7-5-6-8-15(14)13-16/h5-13,24H,4H2,1-3H3. The third-order valence-electron chi connectivity index (χ3n) is 4.30. The lowest BCUT2D eigenvalue weighted by Crippen LogP contribution is -2.34. The Labute approximate surface area is 152 Å². The Balaban J connectivity index is 2.04. The summed E-state index contributed by atoms with van der Waals surface area (Å²) in [6.07, 6.45) is 0. The van der Waals surface area contributed by atoms with Gasteiger partial charge in [-0.25, -0.2) is 9.78 Å². The maximum Gasteiger partial charge on any atom is 0.342 e. The van der Waals surface area contributed by atoms with Gasteiger partial charge in [0.05, 0.1) is 25.0 Å². The van der Waals surface area contributed by atoms with Crippen LogP contribution >= 0.6 is 0 Å². The molecular weight excluding hydrogens is 330 g/mol. The molecule has 1 heterocycles. The molecule has 0 fully saturated rings. The number of rotatable bonds is 5. The minimum Gasteiger partial charge on any atom is -0.481 e. The highest BCUT2D eigenvalue weighted by atomic mass is 16.5. The third kappa shape index (κ3) is 3.26. The van der Waals surface area contributed by atoms with E-state index in [2.05, 4.69) is 4.98 Å². The topological polar surface area (TPSA) is 68.7 Å². The minimum absolute atomic E-state index is 0.180. The Morgan fingerprint density at radius 3 is 2.54 bits per heavy atom. The van der Waals surface area contributed by atoms with E-state index in [0.717, 1.165) is 16.3 Å². The molecule has 0 amide bonds. The second-order valence-electron chi connectivity index (χ2n) is 6.11. The molecule has 0 bridgehead atoms. The highest BCUT2D eigenvalue weighted by Gasteiger charge is 2.37. The molecule has 3 rings (SSSR count). The molecule has 3 aromatic rings. The molecule has 0 aliphatic heterocycles. The number of carbonyl (C=O) groups is 1. The molecule has 2 aromatic carbocycles. The van der Waals surface area contributed by atoms with Crippen molar-refractivity contribution in [3.8, 4) is 17.1 Å². The van der Waals surface area contributed by atoms with Crippen LogP contribution in [0.2, 0.25) is 0 Å². The SMILES string of the molecule is CCOC(=O)C(C)(O)c1ccc(-c2ccc3ccccc3c2)nc1OC. The van der Waals surface area contributed by atoms with Gasteiger partial charge >= 0.3 is 5.97 Å². The molecule has 1 N–H and O–H groups in total. The number of esters is 1. The normalized spacial score (nSPS) is 13.2. The number of fused-ring (bicyclic) bond motifs is 1. The van der Waals surface area contributed by atoms with Crippen molar-refractivity contribution < 1.29 is 19.4 Å². The Morgan fingerprint density at radius 1 is 1.12 bits per heavy atom. The molecule has 0 saturated carbocycles. The van der Waals surface area contributed by atoms with Gasteiger partial charge in [0, 0.05) is 5.56 Å². The number of ether oxygens (including phenoxy) is 2. The van der Waals surface area contributed by atoms with Crippen molar-refractivity contribution in [3.05, 3.63) is 60.2 Å². The van der Waals surface area contributed by atoms with E-state index in [9.17, 15) is 9.90 Å². The van der Waals surface area contributed by atoms with E-state index in [4.69, 9.17) is 9.47 Å². The number of aliphatic hydroxyl groups is 1. The van der Waals surface area contributed by atoms with Crippen LogP contribution in [0.15, 0.2) is 54.6 Å². The van der Waals surface area contributed by atoms with Crippen molar-refractivity contribution in [2.24, 2.45) is 0 Å². The zero-order valence-electron chi connectivity index (χ0n) is 15.0. The highest BCUT2D eigenvalue weighted by Crippen LogP contribution is 2.32. The Morgan fingerprint density at radius 2 is 1.85 bits per heavy atom. The summed E-state index contributed by atoms with van der Waals surface area (Å²) in [7, 11) is 1.46. The van der Waals surface area contributed by atoms with Crippen molar-refractivity contribution in [2.75, 3.05) is 13.7 Å². The molecule has 0 radical (unpaired) electrons. The predicted molar refractivity (Wildman–Crippen MR) is 99.9 cm³/mol. The highest BCUT2D eigenvalue weighted by molar-refractivity contribution is 5.87. The van der Waals surface area contributed by atoms with Crippen LogP contribution in [-0.4, -0.2) is 29.8 Å². The summed E-state index contributed by atoms with van der Waals surface area (Å²) < 4.78 is 10.3. The number of carbonyl (C=O) groups excluding carboxylic acids is 1. The van der Waals surface area contributed by atoms with Gasteiger partial charge in [-0.3, -0.25) is 0 Å². The number of pyridine rings is 1. The van der Waals surface area contributed by atoms with Gasteiger partial charge < -0.3 is 14.6 Å². The number of methoxy groups -OCH3 is 1. The summed E-state index contributed by atoms with van der Waals surface area (Å²) in [6, 6.07) is 17.5. The van der Waals surface area contributed by atoms with Gasteiger partial charge in [-0.15, -0.1) is 0 Å². The predicted octanol–water partition coefficient (Wildman–Crippen LogP) is 3.68. The average Bonchev–Trinajstić information content (AvgIpc) is 2.67. The van der Waals surface area contributed by atoms with Gasteiger partial charge in [0.25, 0.3) is 0 Å². The van der Waals surface area contributed by atoms with Crippen molar-refractivity contribution >= 4 is 16.7 Å². The number of nitrogens with zero attached hydrogens (tertiary/aromatic N) is 1. The first-order valence-electron chi connectivity index (χ1n) is 8.41. The van der Waals surface area contributed by atoms with Gasteiger partial charge in [-0.05, 0) is 42.8 Å². The smallest absolute Gasteiger partial charge is 0.342 e. The van der Waals surface area contributed by atoms with Gasteiger partial charge in [0.1, 0.15) is 0 Å². The molecule has 1 unspecified atom stereocenters. The first-order valence-corrected chi connectivity index (χ1v) is 8.41. The summed E-state index contributed by atoms with van der Waals surface area (Å²) in [5.41, 5.74) is 0.0410. The van der Waals surface area contributed by atoms with Gasteiger partial charge in [0.15, 0.2) is 5.60 Å². The second-order valence-corrected chi connectivity index (χ2v) is 6.11. The summed E-state index contributed by atoms with van der Waals surface area (Å²) >= 11 is 0. The lowest BCUT2D eigenvalue weighted by molar-refractivity contribution is -0.164. The molecule has 5 heteroatoms. The summed E-state index contributed by atoms with van der Waals surface area (Å²) in [5.74, 6) is -0.549. The van der Waals surface area contributed by atoms with Crippen molar-refractivity contribution in [1.82, 2.24) is 4.98 Å². The minimum atomic E-state index is -1.84. The lowest BCUT2D eigenvalue weighted by Gasteiger charge is -2.23. The molecule has 5 nitrogen and oxygen atoms in total. The first-order chi connectivity index (χ1) is 12.5. The number of benzene rings is 2. The average molecular weight is 351 g/mol. The maximum absolute atomic E-state index is 12.1. The number of hydrogen-bond donors (Lipinski definition) is 1. The van der Waals surface area contributed by atoms with Crippen LogP contribution in [0.5, 0.6) is 5.88 Å². The molecule has 1 atom stereocenters. The van der Waals surface area contributed by atoms with Gasteiger partial charge in [-0.1, -0.05) is 36.4 Å². The van der Waals surface area contributed by atoms with E-state index in [0.29, 0.717) is 5.69 Å². The van der Waals surface area contributed by atoms with Crippen LogP contribution in [0.4, 0.5) is 0 Å². The zero-order chi connectivity index (χ0) is 18.7. The Bertz CT molecular complexity index is 950. The second kappa shape index (κ2) is 7.14. The van der Waals surface area contributed by atoms with Crippen molar-refractivity contribution in [2.45, 2.75) is 19.4 Å². The van der Waals surface area contributed by atoms with Crippen LogP contribution in [0, 0.1) is 0 Å². The molecule has 26 heavy (non-hydrogen) atoms. The summed E-state index contributed by atoms with van der Waals surface area (Å²) in [5, 5.41) is 12.9. The molecule has 1 aromatic heterocycles. The summed E-state index contributed by atoms with van der Waals surface area (Å²) in [6.45, 7) is 3.24. The fourth-order valence-corrected chi connectivity index (χ4v) is 2.86. The van der Waals surface area contributed by atoms with Crippen molar-refractivity contribution in [1.29, 1.82) is 0 Å². The fourth-order valence-electron chi connectivity index (χ4n) is 2.86. The van der Waals surface area contributed by atoms with E-state index >= 15 is 0 Å². The zero-order valence-corrected chi connectivity index (χ0v) is 15.0. The van der Waals surface area contributed by atoms with Crippen LogP contribution < -0.4 is 4.74 Å². The monoisotopic (exact) mass is 351 g/mol. The van der Waals surface area contributed by atoms with Crippen molar-refractivity contribution in [3.63, 3.8) is 0 Å². The fraction of sp³-hybridized carbons (Fsp3) is 0.238. The molecule has 0 saturated heterocycles. The molecule has 0 aliphatic carbocycles. The largest absolute Gasteiger partial charge is 0.481 e. The van der Waals surface area contributed by atoms with Crippen LogP contribution in [0.3, 0.4) is 0 Å². The molecule has 0 aliphatic rings. The van der Waals surface area contributed by atoms with Gasteiger partial charge in [-0.2, -0.15) is 0 Å². The Kier molecular flexibility index (Phi) is 4.91. The number of hydrogen-bond acceptors (Lipinski definition) is 5. The molecule has 0 spiro atoms. The molecule has 134 valence electrons. The van der Waals surface area contributed by atoms with E-state index in [1.165, 1.54) is 14.0 Å². The summed E-state index contributed by atoms with van der Waals surface area (Å²) in [4.78, 5) is 16.6. The van der Waals surface area contributed by atoms with Crippen LogP contribution in [-0.2, 0) is 15.1 Å². The quantitative estimate of drug-likeness (QED) is 0.710. The first kappa shape index (κ1) is 17.9. The maximum atomic E-state index is 12.1. The van der Waals surface area contributed by atoms with Crippen LogP contribution in [0.25, 0.3) is 22.0 Å². The third-order valence-corrected chi connectivity index (χ3v) is 4.30. The van der Waals surface area contributed by atoms with E-state index in [1.54, 1.807) is 19.1 Å². The number of aromatic nitrogens is 1. The molecular formula is C21H21NO4. The lowest BCUT2D eigenvalue weighted by atomic mass is 9.96. The van der Waals surface area contributed by atoms with Crippen LogP contribution in [0.1, 0.15) is 19.4 Å². The van der Waals surface area contributed by atoms with E-state index < -0.39 is 11.6 Å².